The molecule has 2 rings (SSSR count). The minimum Gasteiger partial charge on any atom is -0.492 e. The van der Waals surface area contributed by atoms with Gasteiger partial charge >= 0.3 is 5.97 Å². The quantitative estimate of drug-likeness (QED) is 0.460. The predicted molar refractivity (Wildman–Crippen MR) is 88.2 cm³/mol. The molecule has 0 radical (unpaired) electrons. The number of ether oxygens (including phenoxy) is 1. The summed E-state index contributed by atoms with van der Waals surface area (Å²) in [7, 11) is 0. The lowest BCUT2D eigenvalue weighted by Crippen LogP contribution is -2.06. The van der Waals surface area contributed by atoms with Crippen LogP contribution >= 0.6 is 27.7 Å². The first-order chi connectivity index (χ1) is 10.1. The molecule has 0 saturated heterocycles. The Balaban J connectivity index is 1.89. The van der Waals surface area contributed by atoms with Gasteiger partial charge in [-0.3, -0.25) is 0 Å². The monoisotopic (exact) mass is 367 g/mol. The van der Waals surface area contributed by atoms with E-state index in [0.29, 0.717) is 23.8 Å². The number of halogens is 1. The van der Waals surface area contributed by atoms with Crippen molar-refractivity contribution in [2.45, 2.75) is 4.90 Å². The van der Waals surface area contributed by atoms with Gasteiger partial charge in [0.1, 0.15) is 11.3 Å². The lowest BCUT2D eigenvalue weighted by atomic mass is 10.2. The summed E-state index contributed by atoms with van der Waals surface area (Å²) in [6, 6.07) is 12.3. The lowest BCUT2D eigenvalue weighted by Gasteiger charge is -2.09. The highest BCUT2D eigenvalue weighted by molar-refractivity contribution is 9.10. The fourth-order valence-electron chi connectivity index (χ4n) is 1.72. The molecule has 21 heavy (non-hydrogen) atoms. The van der Waals surface area contributed by atoms with Crippen molar-refractivity contribution in [2.24, 2.45) is 0 Å². The smallest absolute Gasteiger partial charge is 0.339 e. The van der Waals surface area contributed by atoms with Crippen molar-refractivity contribution in [2.75, 3.05) is 18.1 Å². The number of para-hydroxylation sites is 1. The molecule has 2 aromatic rings. The van der Waals surface area contributed by atoms with E-state index in [2.05, 4.69) is 15.9 Å². The van der Waals surface area contributed by atoms with Gasteiger partial charge in [0.2, 0.25) is 0 Å². The van der Waals surface area contributed by atoms with Gasteiger partial charge in [-0.25, -0.2) is 4.79 Å². The predicted octanol–water partition coefficient (Wildman–Crippen LogP) is 3.90. The largest absolute Gasteiger partial charge is 0.492 e. The van der Waals surface area contributed by atoms with Crippen LogP contribution < -0.4 is 10.5 Å². The maximum Gasteiger partial charge on any atom is 0.339 e. The number of carbonyl (C=O) groups is 1. The molecule has 0 atom stereocenters. The molecular formula is C15H14BrNO3S. The third kappa shape index (κ3) is 4.41. The van der Waals surface area contributed by atoms with E-state index < -0.39 is 5.97 Å². The number of carboxylic acids is 1. The number of nitrogen functional groups attached to an aromatic ring is 1. The van der Waals surface area contributed by atoms with Gasteiger partial charge in [0.15, 0.2) is 0 Å². The molecule has 0 unspecified atom stereocenters. The molecule has 110 valence electrons. The molecule has 0 aliphatic rings. The van der Waals surface area contributed by atoms with Crippen LogP contribution in [-0.2, 0) is 0 Å². The molecule has 6 heteroatoms. The van der Waals surface area contributed by atoms with Crippen LogP contribution in [0.25, 0.3) is 0 Å². The minimum absolute atomic E-state index is 0.172. The summed E-state index contributed by atoms with van der Waals surface area (Å²) < 4.78 is 6.47. The fraction of sp³-hybridized carbons (Fsp3) is 0.133. The summed E-state index contributed by atoms with van der Waals surface area (Å²) in [4.78, 5) is 12.0. The van der Waals surface area contributed by atoms with Gasteiger partial charge in [0, 0.05) is 20.8 Å². The molecule has 3 N–H and O–H groups in total. The van der Waals surface area contributed by atoms with E-state index in [0.717, 1.165) is 9.37 Å². The number of nitrogens with two attached hydrogens (primary N) is 1. The zero-order valence-corrected chi connectivity index (χ0v) is 13.5. The van der Waals surface area contributed by atoms with Crippen molar-refractivity contribution in [3.63, 3.8) is 0 Å². The van der Waals surface area contributed by atoms with Crippen LogP contribution in [0.3, 0.4) is 0 Å². The van der Waals surface area contributed by atoms with Gasteiger partial charge < -0.3 is 15.6 Å². The number of anilines is 1. The van der Waals surface area contributed by atoms with Crippen LogP contribution in [-0.4, -0.2) is 23.4 Å². The van der Waals surface area contributed by atoms with Gasteiger partial charge in [0.05, 0.1) is 6.61 Å². The highest BCUT2D eigenvalue weighted by atomic mass is 79.9. The number of rotatable bonds is 6. The van der Waals surface area contributed by atoms with Crippen LogP contribution in [0.5, 0.6) is 5.75 Å². The van der Waals surface area contributed by atoms with Gasteiger partial charge in [0.25, 0.3) is 0 Å². The Morgan fingerprint density at radius 1 is 1.29 bits per heavy atom. The average Bonchev–Trinajstić information content (AvgIpc) is 2.45. The van der Waals surface area contributed by atoms with Crippen molar-refractivity contribution in [1.29, 1.82) is 0 Å². The van der Waals surface area contributed by atoms with Crippen LogP contribution in [0.4, 0.5) is 5.69 Å². The summed E-state index contributed by atoms with van der Waals surface area (Å²) in [5, 5.41) is 9.06. The van der Waals surface area contributed by atoms with Crippen LogP contribution in [0, 0.1) is 0 Å². The van der Waals surface area contributed by atoms with Crippen molar-refractivity contribution in [3.8, 4) is 5.75 Å². The van der Waals surface area contributed by atoms with E-state index in [1.807, 2.05) is 18.2 Å². The lowest BCUT2D eigenvalue weighted by molar-refractivity contribution is 0.0692. The second-order valence-corrected chi connectivity index (χ2v) is 6.23. The van der Waals surface area contributed by atoms with Crippen molar-refractivity contribution < 1.29 is 14.6 Å². The van der Waals surface area contributed by atoms with Gasteiger partial charge in [-0.15, -0.1) is 11.8 Å². The topological polar surface area (TPSA) is 72.5 Å². The highest BCUT2D eigenvalue weighted by Gasteiger charge is 2.09. The number of aromatic carboxylic acids is 1. The maximum absolute atomic E-state index is 11.0. The maximum atomic E-state index is 11.0. The number of thioether (sulfide) groups is 1. The van der Waals surface area contributed by atoms with E-state index in [1.165, 1.54) is 6.07 Å². The van der Waals surface area contributed by atoms with E-state index >= 15 is 0 Å². The summed E-state index contributed by atoms with van der Waals surface area (Å²) in [5.74, 6) is 0.0737. The van der Waals surface area contributed by atoms with Crippen molar-refractivity contribution in [3.05, 3.63) is 52.5 Å². The second-order valence-electron chi connectivity index (χ2n) is 4.18. The molecule has 0 fully saturated rings. The molecule has 2 aromatic carbocycles. The normalized spacial score (nSPS) is 10.3. The molecule has 4 nitrogen and oxygen atoms in total. The summed E-state index contributed by atoms with van der Waals surface area (Å²) in [6.45, 7) is 0.407. The molecule has 0 heterocycles. The molecule has 0 aliphatic heterocycles. The van der Waals surface area contributed by atoms with Gasteiger partial charge in [-0.05, 0) is 30.3 Å². The highest BCUT2D eigenvalue weighted by Crippen LogP contribution is 2.28. The molecule has 0 spiro atoms. The number of hydrogen-bond acceptors (Lipinski definition) is 4. The molecule has 0 bridgehead atoms. The molecule has 0 saturated carbocycles. The third-order valence-electron chi connectivity index (χ3n) is 2.69. The van der Waals surface area contributed by atoms with E-state index in [9.17, 15) is 4.79 Å². The second kappa shape index (κ2) is 7.38. The summed E-state index contributed by atoms with van der Waals surface area (Å²) in [6.07, 6.45) is 0. The first kappa shape index (κ1) is 15.7. The van der Waals surface area contributed by atoms with E-state index in [4.69, 9.17) is 15.6 Å². The Kier molecular flexibility index (Phi) is 5.52. The van der Waals surface area contributed by atoms with Crippen molar-refractivity contribution in [1.82, 2.24) is 0 Å². The Bertz CT molecular complexity index is 649. The number of carboxylic acid groups (broad SMARTS) is 1. The fourth-order valence-corrected chi connectivity index (χ4v) is 2.88. The van der Waals surface area contributed by atoms with Crippen LogP contribution in [0.1, 0.15) is 10.4 Å². The first-order valence-corrected chi connectivity index (χ1v) is 7.98. The molecule has 0 aromatic heterocycles. The Hall–Kier alpha value is -1.66. The number of hydrogen-bond donors (Lipinski definition) is 2. The Morgan fingerprint density at radius 2 is 2.05 bits per heavy atom. The van der Waals surface area contributed by atoms with Gasteiger partial charge in [-0.2, -0.15) is 0 Å². The van der Waals surface area contributed by atoms with Crippen LogP contribution in [0.15, 0.2) is 51.8 Å². The SMILES string of the molecule is Nc1cc(Br)ccc1SCCOc1ccccc1C(=O)O. The number of benzene rings is 2. The first-order valence-electron chi connectivity index (χ1n) is 6.21. The van der Waals surface area contributed by atoms with Crippen molar-refractivity contribution >= 4 is 39.3 Å². The van der Waals surface area contributed by atoms with Crippen LogP contribution in [0.2, 0.25) is 0 Å². The minimum atomic E-state index is -0.990. The Labute approximate surface area is 135 Å². The molecular weight excluding hydrogens is 354 g/mol. The third-order valence-corrected chi connectivity index (χ3v) is 4.23. The molecule has 0 aliphatic carbocycles. The van der Waals surface area contributed by atoms with E-state index in [1.54, 1.807) is 30.0 Å². The van der Waals surface area contributed by atoms with E-state index in [-0.39, 0.29) is 5.56 Å². The summed E-state index contributed by atoms with van der Waals surface area (Å²) >= 11 is 4.93. The standard InChI is InChI=1S/C15H14BrNO3S/c16-10-5-6-14(12(17)9-10)21-8-7-20-13-4-2-1-3-11(13)15(18)19/h1-6,9H,7-8,17H2,(H,18,19). The average molecular weight is 368 g/mol. The van der Waals surface area contributed by atoms with Gasteiger partial charge in [-0.1, -0.05) is 28.1 Å². The Morgan fingerprint density at radius 3 is 2.76 bits per heavy atom. The zero-order chi connectivity index (χ0) is 15.2. The summed E-state index contributed by atoms with van der Waals surface area (Å²) in [5.41, 5.74) is 6.79. The molecule has 0 amide bonds. The zero-order valence-electron chi connectivity index (χ0n) is 11.1.